The molecule has 2 fully saturated rings. The topological polar surface area (TPSA) is 37.4 Å². The maximum Gasteiger partial charge on any atom is 0.0874 e. The monoisotopic (exact) mass is 233 g/mol. The number of pyridine rings is 1. The Morgan fingerprint density at radius 3 is 3.18 bits per heavy atom. The quantitative estimate of drug-likeness (QED) is 0.855. The van der Waals surface area contributed by atoms with Gasteiger partial charge in [-0.1, -0.05) is 0 Å². The van der Waals surface area contributed by atoms with Gasteiger partial charge in [0, 0.05) is 37.2 Å². The van der Waals surface area contributed by atoms with Gasteiger partial charge in [0.25, 0.3) is 0 Å². The fourth-order valence-corrected chi connectivity index (χ4v) is 2.71. The van der Waals surface area contributed by atoms with E-state index in [0.29, 0.717) is 12.1 Å². The van der Waals surface area contributed by atoms with Crippen molar-refractivity contribution in [3.8, 4) is 0 Å². The van der Waals surface area contributed by atoms with Gasteiger partial charge in [-0.25, -0.2) is 0 Å². The number of aromatic nitrogens is 1. The Kier molecular flexibility index (Phi) is 3.25. The van der Waals surface area contributed by atoms with Crippen molar-refractivity contribution < 1.29 is 4.74 Å². The van der Waals surface area contributed by atoms with Crippen LogP contribution in [0.25, 0.3) is 0 Å². The molecular weight excluding hydrogens is 214 g/mol. The van der Waals surface area contributed by atoms with Crippen LogP contribution < -0.4 is 5.32 Å². The summed E-state index contributed by atoms with van der Waals surface area (Å²) in [5.74, 6) is 0. The lowest BCUT2D eigenvalue weighted by Gasteiger charge is -2.35. The second-order valence-electron chi connectivity index (χ2n) is 4.86. The van der Waals surface area contributed by atoms with Gasteiger partial charge in [0.05, 0.1) is 12.7 Å². The van der Waals surface area contributed by atoms with Gasteiger partial charge in [0.2, 0.25) is 0 Å². The molecule has 1 N–H and O–H groups in total. The van der Waals surface area contributed by atoms with E-state index in [2.05, 4.69) is 15.2 Å². The van der Waals surface area contributed by atoms with Crippen LogP contribution in [0.5, 0.6) is 0 Å². The molecule has 2 aliphatic rings. The normalized spacial score (nSPS) is 28.9. The van der Waals surface area contributed by atoms with E-state index in [1.165, 1.54) is 19.4 Å². The van der Waals surface area contributed by atoms with Crippen LogP contribution in [0, 0.1) is 0 Å². The molecule has 2 saturated heterocycles. The lowest BCUT2D eigenvalue weighted by molar-refractivity contribution is -0.0415. The summed E-state index contributed by atoms with van der Waals surface area (Å²) in [5.41, 5.74) is 1.12. The van der Waals surface area contributed by atoms with Gasteiger partial charge >= 0.3 is 0 Å². The maximum absolute atomic E-state index is 5.89. The molecule has 0 aromatic carbocycles. The van der Waals surface area contributed by atoms with E-state index < -0.39 is 0 Å². The SMILES string of the molecule is c1cc(NCC2CN3CCCC3CO2)ccn1. The van der Waals surface area contributed by atoms with Crippen LogP contribution in [0.4, 0.5) is 5.69 Å². The summed E-state index contributed by atoms with van der Waals surface area (Å²) in [6.07, 6.45) is 6.57. The third-order valence-corrected chi connectivity index (χ3v) is 3.68. The number of nitrogens with zero attached hydrogens (tertiary/aromatic N) is 2. The molecule has 3 rings (SSSR count). The first-order chi connectivity index (χ1) is 8.42. The minimum Gasteiger partial charge on any atom is -0.382 e. The van der Waals surface area contributed by atoms with Crippen LogP contribution in [0.1, 0.15) is 12.8 Å². The van der Waals surface area contributed by atoms with Crippen LogP contribution >= 0.6 is 0 Å². The van der Waals surface area contributed by atoms with Crippen LogP contribution in [0.3, 0.4) is 0 Å². The van der Waals surface area contributed by atoms with E-state index in [1.54, 1.807) is 12.4 Å². The Hall–Kier alpha value is -1.13. The number of rotatable bonds is 3. The van der Waals surface area contributed by atoms with Crippen molar-refractivity contribution >= 4 is 5.69 Å². The van der Waals surface area contributed by atoms with E-state index in [9.17, 15) is 0 Å². The van der Waals surface area contributed by atoms with Gasteiger partial charge in [-0.15, -0.1) is 0 Å². The lowest BCUT2D eigenvalue weighted by atomic mass is 10.2. The Morgan fingerprint density at radius 1 is 1.41 bits per heavy atom. The van der Waals surface area contributed by atoms with Crippen molar-refractivity contribution in [2.24, 2.45) is 0 Å². The summed E-state index contributed by atoms with van der Waals surface area (Å²) in [7, 11) is 0. The zero-order valence-corrected chi connectivity index (χ0v) is 10.0. The molecule has 0 amide bonds. The molecule has 0 radical (unpaired) electrons. The number of fused-ring (bicyclic) bond motifs is 1. The fourth-order valence-electron chi connectivity index (χ4n) is 2.71. The highest BCUT2D eigenvalue weighted by molar-refractivity contribution is 5.40. The molecule has 17 heavy (non-hydrogen) atoms. The lowest BCUT2D eigenvalue weighted by Crippen LogP contribution is -2.48. The summed E-state index contributed by atoms with van der Waals surface area (Å²) in [6, 6.07) is 4.66. The third kappa shape index (κ3) is 2.58. The van der Waals surface area contributed by atoms with Crippen LogP contribution in [0.15, 0.2) is 24.5 Å². The highest BCUT2D eigenvalue weighted by Crippen LogP contribution is 2.22. The predicted molar refractivity (Wildman–Crippen MR) is 67.1 cm³/mol. The van der Waals surface area contributed by atoms with Gasteiger partial charge in [-0.3, -0.25) is 9.88 Å². The number of hydrogen-bond donors (Lipinski definition) is 1. The fraction of sp³-hybridized carbons (Fsp3) is 0.615. The molecule has 1 aromatic heterocycles. The highest BCUT2D eigenvalue weighted by atomic mass is 16.5. The average molecular weight is 233 g/mol. The number of hydrogen-bond acceptors (Lipinski definition) is 4. The van der Waals surface area contributed by atoms with Crippen LogP contribution in [-0.4, -0.2) is 48.3 Å². The summed E-state index contributed by atoms with van der Waals surface area (Å²) in [5, 5.41) is 3.40. The Bertz CT molecular complexity index is 357. The maximum atomic E-state index is 5.89. The Labute approximate surface area is 102 Å². The summed E-state index contributed by atoms with van der Waals surface area (Å²) in [6.45, 7) is 4.11. The molecule has 0 spiro atoms. The van der Waals surface area contributed by atoms with E-state index in [1.807, 2.05) is 12.1 Å². The van der Waals surface area contributed by atoms with Crippen LogP contribution in [-0.2, 0) is 4.74 Å². The average Bonchev–Trinajstić information content (AvgIpc) is 2.85. The van der Waals surface area contributed by atoms with Crippen molar-refractivity contribution in [3.05, 3.63) is 24.5 Å². The molecule has 0 bridgehead atoms. The number of ether oxygens (including phenoxy) is 1. The largest absolute Gasteiger partial charge is 0.382 e. The van der Waals surface area contributed by atoms with Gasteiger partial charge in [0.15, 0.2) is 0 Å². The molecule has 4 heteroatoms. The van der Waals surface area contributed by atoms with E-state index >= 15 is 0 Å². The molecule has 0 aliphatic carbocycles. The van der Waals surface area contributed by atoms with Crippen molar-refractivity contribution in [1.82, 2.24) is 9.88 Å². The molecule has 92 valence electrons. The molecule has 4 nitrogen and oxygen atoms in total. The zero-order valence-electron chi connectivity index (χ0n) is 10.0. The van der Waals surface area contributed by atoms with E-state index in [-0.39, 0.29) is 0 Å². The minimum atomic E-state index is 0.317. The van der Waals surface area contributed by atoms with Gasteiger partial charge in [0.1, 0.15) is 0 Å². The number of nitrogens with one attached hydrogen (secondary N) is 1. The summed E-state index contributed by atoms with van der Waals surface area (Å²) >= 11 is 0. The summed E-state index contributed by atoms with van der Waals surface area (Å²) < 4.78 is 5.89. The van der Waals surface area contributed by atoms with Crippen molar-refractivity contribution in [1.29, 1.82) is 0 Å². The smallest absolute Gasteiger partial charge is 0.0874 e. The molecule has 2 aliphatic heterocycles. The van der Waals surface area contributed by atoms with Crippen LogP contribution in [0.2, 0.25) is 0 Å². The number of anilines is 1. The standard InChI is InChI=1S/C13H19N3O/c1-2-12-10-17-13(9-16(12)7-1)8-15-11-3-5-14-6-4-11/h3-6,12-13H,1-2,7-10H2,(H,14,15). The van der Waals surface area contributed by atoms with Crippen molar-refractivity contribution in [2.75, 3.05) is 31.6 Å². The zero-order chi connectivity index (χ0) is 11.5. The highest BCUT2D eigenvalue weighted by Gasteiger charge is 2.31. The molecule has 3 heterocycles. The molecule has 2 unspecified atom stereocenters. The predicted octanol–water partition coefficient (Wildman–Crippen LogP) is 1.36. The minimum absolute atomic E-state index is 0.317. The first kappa shape index (κ1) is 11.0. The van der Waals surface area contributed by atoms with Gasteiger partial charge in [-0.2, -0.15) is 0 Å². The second-order valence-corrected chi connectivity index (χ2v) is 4.86. The Morgan fingerprint density at radius 2 is 2.29 bits per heavy atom. The molecule has 0 saturated carbocycles. The second kappa shape index (κ2) is 5.02. The van der Waals surface area contributed by atoms with Crippen molar-refractivity contribution in [3.63, 3.8) is 0 Å². The molecule has 2 atom stereocenters. The van der Waals surface area contributed by atoms with Crippen molar-refractivity contribution in [2.45, 2.75) is 25.0 Å². The Balaban J connectivity index is 1.50. The van der Waals surface area contributed by atoms with E-state index in [0.717, 1.165) is 25.4 Å². The first-order valence-corrected chi connectivity index (χ1v) is 6.41. The molecule has 1 aromatic rings. The molecular formula is C13H19N3O. The van der Waals surface area contributed by atoms with Gasteiger partial charge < -0.3 is 10.1 Å². The van der Waals surface area contributed by atoms with E-state index in [4.69, 9.17) is 4.74 Å². The third-order valence-electron chi connectivity index (χ3n) is 3.68. The van der Waals surface area contributed by atoms with Gasteiger partial charge in [-0.05, 0) is 31.5 Å². The summed E-state index contributed by atoms with van der Waals surface area (Å²) in [4.78, 5) is 6.58. The number of morpholine rings is 1. The first-order valence-electron chi connectivity index (χ1n) is 6.41.